The molecule has 0 aliphatic carbocycles. The molecule has 15 heteroatoms. The third-order valence-corrected chi connectivity index (χ3v) is 11.2. The number of phenolic OH excluding ortho intramolecular Hbond substituents is 12. The van der Waals surface area contributed by atoms with Crippen LogP contribution < -0.4 is 10.9 Å². The van der Waals surface area contributed by atoms with Crippen molar-refractivity contribution in [2.24, 2.45) is 0 Å². The van der Waals surface area contributed by atoms with Gasteiger partial charge in [0.25, 0.3) is 0 Å². The van der Waals surface area contributed by atoms with Crippen LogP contribution in [0.15, 0.2) is 89.3 Å². The van der Waals surface area contributed by atoms with Crippen LogP contribution in [0.25, 0.3) is 88.0 Å². The number of phenols is 12. The van der Waals surface area contributed by atoms with Crippen LogP contribution in [-0.4, -0.2) is 77.0 Å². The largest absolute Gasteiger partial charge is 0.508 e. The van der Waals surface area contributed by atoms with Gasteiger partial charge in [-0.1, -0.05) is 66.7 Å². The molecule has 0 aliphatic heterocycles. The van der Waals surface area contributed by atoms with Crippen molar-refractivity contribution >= 4 is 70.1 Å². The summed E-state index contributed by atoms with van der Waals surface area (Å²) in [6.07, 6.45) is 0. The first-order chi connectivity index (χ1) is 28.1. The van der Waals surface area contributed by atoms with Crippen LogP contribution in [0.3, 0.4) is 0 Å². The highest BCUT2D eigenvalue weighted by atomic mass is 16.4. The van der Waals surface area contributed by atoms with Gasteiger partial charge in [0.05, 0.1) is 16.7 Å². The molecule has 13 nitrogen and oxygen atoms in total. The number of hydrogen-bond donors (Lipinski definition) is 12. The molecule has 9 aromatic rings. The van der Waals surface area contributed by atoms with Crippen LogP contribution in [0.1, 0.15) is 0 Å². The van der Waals surface area contributed by atoms with E-state index in [0.29, 0.717) is 32.9 Å². The van der Waals surface area contributed by atoms with Crippen LogP contribution in [0.4, 0.5) is 0 Å². The van der Waals surface area contributed by atoms with E-state index in [0.717, 1.165) is 16.3 Å². The second kappa shape index (κ2) is 12.7. The van der Waals surface area contributed by atoms with Crippen molar-refractivity contribution < 1.29 is 65.7 Å². The smallest absolute Gasteiger partial charge is 0.208 e. The van der Waals surface area contributed by atoms with Gasteiger partial charge in [-0.05, 0) is 61.9 Å². The van der Waals surface area contributed by atoms with Crippen molar-refractivity contribution in [1.29, 1.82) is 0 Å². The van der Waals surface area contributed by atoms with E-state index >= 15 is 0 Å². The minimum absolute atomic E-state index is 0.0778. The zero-order chi connectivity index (χ0) is 41.9. The summed E-state index contributed by atoms with van der Waals surface area (Å²) in [7, 11) is 2.57. The third-order valence-electron chi connectivity index (χ3n) is 11.2. The summed E-state index contributed by atoms with van der Waals surface area (Å²) in [5.74, 6) is -11.6. The number of aromatic hydroxyl groups is 12. The first-order valence-electron chi connectivity index (χ1n) is 18.0. The lowest BCUT2D eigenvalue weighted by Crippen LogP contribution is -2.10. The SMILES string of the molecule is Bc1c(O)c(O)c(-c2ccc3c(-c4cccc5oc6ccccc6c45)c4ccccc4c(-c4c(O)c(B)c(-c5c(O)c(O)c(O)c(O)c5O)c(O)c4O)c3c2)c(O)c1O. The molecule has 0 atom stereocenters. The van der Waals surface area contributed by atoms with Crippen LogP contribution in [0, 0.1) is 0 Å². The summed E-state index contributed by atoms with van der Waals surface area (Å²) in [6.45, 7) is 0. The van der Waals surface area contributed by atoms with Gasteiger partial charge in [-0.15, -0.1) is 0 Å². The second-order valence-corrected chi connectivity index (χ2v) is 14.3. The Kier molecular flexibility index (Phi) is 7.82. The number of furan rings is 1. The molecule has 0 saturated heterocycles. The van der Waals surface area contributed by atoms with Crippen molar-refractivity contribution in [2.75, 3.05) is 0 Å². The topological polar surface area (TPSA) is 256 Å². The molecule has 0 unspecified atom stereocenters. The molecule has 9 rings (SSSR count). The fourth-order valence-electron chi connectivity index (χ4n) is 8.26. The monoisotopic (exact) mass is 788 g/mol. The van der Waals surface area contributed by atoms with Crippen molar-refractivity contribution in [1.82, 2.24) is 0 Å². The Bertz CT molecular complexity index is 3250. The molecule has 0 aliphatic rings. The number of benzene rings is 8. The normalized spacial score (nSPS) is 11.7. The molecule has 0 radical (unpaired) electrons. The molecule has 1 aromatic heterocycles. The Hall–Kier alpha value is -8.19. The molecule has 0 amide bonds. The van der Waals surface area contributed by atoms with Crippen molar-refractivity contribution in [3.8, 4) is 114 Å². The Morgan fingerprint density at radius 2 is 0.797 bits per heavy atom. The second-order valence-electron chi connectivity index (χ2n) is 14.3. The van der Waals surface area contributed by atoms with E-state index in [2.05, 4.69) is 0 Å². The maximum atomic E-state index is 12.1. The first-order valence-corrected chi connectivity index (χ1v) is 18.0. The van der Waals surface area contributed by atoms with Crippen molar-refractivity contribution in [2.45, 2.75) is 0 Å². The maximum Gasteiger partial charge on any atom is 0.208 e. The van der Waals surface area contributed by atoms with Gasteiger partial charge in [0.15, 0.2) is 46.0 Å². The summed E-state index contributed by atoms with van der Waals surface area (Å²) in [6, 6.07) is 24.8. The summed E-state index contributed by atoms with van der Waals surface area (Å²) in [5, 5.41) is 135. The highest BCUT2D eigenvalue weighted by Gasteiger charge is 2.33. The lowest BCUT2D eigenvalue weighted by atomic mass is 9.78. The molecule has 0 fully saturated rings. The summed E-state index contributed by atoms with van der Waals surface area (Å²) in [4.78, 5) is 0. The predicted molar refractivity (Wildman–Crippen MR) is 227 cm³/mol. The Morgan fingerprint density at radius 1 is 0.322 bits per heavy atom. The van der Waals surface area contributed by atoms with E-state index in [9.17, 15) is 61.3 Å². The fourth-order valence-corrected chi connectivity index (χ4v) is 8.26. The standard InChI is InChI=1S/C44H30B2O13/c45-31-28(30-38(52)42(56)44(58)43(57)39(30)53)36(50)37(51)29(33(31)47)27-17-7-2-1-6-16(17)25(20-9-5-11-23-26(20)19-8-3-4-10-22(19)59-23)18-13-12-15(14-21(18)27)24-34(48)40(54)32(46)41(55)35(24)49/h1-14,47-58H,45-46H2. The molecule has 290 valence electrons. The zero-order valence-electron chi connectivity index (χ0n) is 30.9. The van der Waals surface area contributed by atoms with Gasteiger partial charge in [0.2, 0.25) is 17.2 Å². The Balaban J connectivity index is 1.47. The molecule has 59 heavy (non-hydrogen) atoms. The minimum atomic E-state index is -1.26. The van der Waals surface area contributed by atoms with Crippen LogP contribution in [0.2, 0.25) is 0 Å². The van der Waals surface area contributed by atoms with Gasteiger partial charge < -0.3 is 65.7 Å². The predicted octanol–water partition coefficient (Wildman–Crippen LogP) is 5.54. The van der Waals surface area contributed by atoms with Crippen molar-refractivity contribution in [3.63, 3.8) is 0 Å². The average molecular weight is 788 g/mol. The summed E-state index contributed by atoms with van der Waals surface area (Å²) in [5.41, 5.74) is 0.255. The van der Waals surface area contributed by atoms with Gasteiger partial charge in [-0.2, -0.15) is 0 Å². The lowest BCUT2D eigenvalue weighted by Gasteiger charge is -2.23. The van der Waals surface area contributed by atoms with Gasteiger partial charge in [-0.25, -0.2) is 0 Å². The van der Waals surface area contributed by atoms with Crippen LogP contribution in [0.5, 0.6) is 69.0 Å². The van der Waals surface area contributed by atoms with Gasteiger partial charge in [0.1, 0.15) is 32.6 Å². The first kappa shape index (κ1) is 36.4. The van der Waals surface area contributed by atoms with E-state index in [-0.39, 0.29) is 38.6 Å². The molecular weight excluding hydrogens is 758 g/mol. The molecule has 12 N–H and O–H groups in total. The quantitative estimate of drug-likeness (QED) is 0.0453. The minimum Gasteiger partial charge on any atom is -0.508 e. The summed E-state index contributed by atoms with van der Waals surface area (Å²) >= 11 is 0. The van der Waals surface area contributed by atoms with Gasteiger partial charge in [0, 0.05) is 27.4 Å². The molecule has 0 saturated carbocycles. The van der Waals surface area contributed by atoms with Crippen LogP contribution in [-0.2, 0) is 0 Å². The van der Waals surface area contributed by atoms with E-state index < -0.39 is 80.1 Å². The van der Waals surface area contributed by atoms with E-state index in [1.165, 1.54) is 21.8 Å². The third kappa shape index (κ3) is 4.88. The number of rotatable bonds is 4. The van der Waals surface area contributed by atoms with Gasteiger partial charge in [-0.3, -0.25) is 0 Å². The van der Waals surface area contributed by atoms with Crippen molar-refractivity contribution in [3.05, 3.63) is 84.9 Å². The summed E-state index contributed by atoms with van der Waals surface area (Å²) < 4.78 is 6.23. The van der Waals surface area contributed by atoms with E-state index in [4.69, 9.17) is 4.42 Å². The number of fused-ring (bicyclic) bond motifs is 5. The lowest BCUT2D eigenvalue weighted by molar-refractivity contribution is 0.329. The van der Waals surface area contributed by atoms with E-state index in [1.807, 2.05) is 48.5 Å². The molecule has 0 spiro atoms. The molecule has 1 heterocycles. The van der Waals surface area contributed by atoms with Gasteiger partial charge >= 0.3 is 0 Å². The zero-order valence-corrected chi connectivity index (χ0v) is 30.9. The average Bonchev–Trinajstić information content (AvgIpc) is 3.63. The number of para-hydroxylation sites is 1. The van der Waals surface area contributed by atoms with Crippen LogP contribution >= 0.6 is 0 Å². The maximum absolute atomic E-state index is 12.1. The number of hydrogen-bond acceptors (Lipinski definition) is 13. The molecular formula is C44H30B2O13. The van der Waals surface area contributed by atoms with E-state index in [1.54, 1.807) is 30.3 Å². The molecule has 0 bridgehead atoms. The molecule has 8 aromatic carbocycles. The fraction of sp³-hybridized carbons (Fsp3) is 0. The Morgan fingerprint density at radius 3 is 1.44 bits per heavy atom. The highest BCUT2D eigenvalue weighted by Crippen LogP contribution is 2.60. The highest BCUT2D eigenvalue weighted by molar-refractivity contribution is 6.40. The Labute approximate surface area is 333 Å².